The van der Waals surface area contributed by atoms with E-state index in [0.29, 0.717) is 47.7 Å². The van der Waals surface area contributed by atoms with E-state index in [0.717, 1.165) is 0 Å². The zero-order valence-electron chi connectivity index (χ0n) is 14.1. The van der Waals surface area contributed by atoms with Crippen molar-refractivity contribution in [1.82, 2.24) is 14.9 Å². The van der Waals surface area contributed by atoms with Crippen molar-refractivity contribution in [1.29, 1.82) is 0 Å². The van der Waals surface area contributed by atoms with Gasteiger partial charge < -0.3 is 15.1 Å². The number of aromatic nitrogens is 2. The lowest BCUT2D eigenvalue weighted by atomic mass is 10.2. The molecule has 0 bridgehead atoms. The number of hydrogen-bond donors (Lipinski definition) is 1. The minimum atomic E-state index is -0.389. The molecule has 1 aromatic heterocycles. The second-order valence-corrected chi connectivity index (χ2v) is 6.68. The number of benzene rings is 1. The largest absolute Gasteiger partial charge is 0.353 e. The van der Waals surface area contributed by atoms with Gasteiger partial charge in [0.25, 0.3) is 5.91 Å². The van der Waals surface area contributed by atoms with E-state index >= 15 is 0 Å². The first kappa shape index (κ1) is 18.4. The summed E-state index contributed by atoms with van der Waals surface area (Å²) in [6.07, 6.45) is 1.35. The molecule has 0 aliphatic carbocycles. The minimum Gasteiger partial charge on any atom is -0.353 e. The van der Waals surface area contributed by atoms with Gasteiger partial charge in [0, 0.05) is 44.2 Å². The molecular formula is C17H17Cl2N5O2. The Hall–Kier alpha value is -2.38. The molecule has 1 aliphatic heterocycles. The molecule has 1 fully saturated rings. The Balaban J connectivity index is 1.71. The summed E-state index contributed by atoms with van der Waals surface area (Å²) in [5.74, 6) is 0.322. The zero-order chi connectivity index (χ0) is 18.7. The number of rotatable bonds is 3. The van der Waals surface area contributed by atoms with Crippen molar-refractivity contribution in [3.63, 3.8) is 0 Å². The molecule has 2 heterocycles. The lowest BCUT2D eigenvalue weighted by Gasteiger charge is -2.34. The van der Waals surface area contributed by atoms with E-state index < -0.39 is 0 Å². The SMILES string of the molecule is CC(=O)N1CCN(c2cc(C(=O)Nc3ccc(Cl)cc3Cl)ncn2)CC1. The molecule has 26 heavy (non-hydrogen) atoms. The molecule has 0 unspecified atom stereocenters. The van der Waals surface area contributed by atoms with Gasteiger partial charge in [0.1, 0.15) is 17.8 Å². The van der Waals surface area contributed by atoms with Gasteiger partial charge in [-0.2, -0.15) is 0 Å². The lowest BCUT2D eigenvalue weighted by Crippen LogP contribution is -2.48. The third-order valence-corrected chi connectivity index (χ3v) is 4.66. The van der Waals surface area contributed by atoms with Crippen LogP contribution in [0.3, 0.4) is 0 Å². The first-order chi connectivity index (χ1) is 12.4. The lowest BCUT2D eigenvalue weighted by molar-refractivity contribution is -0.129. The van der Waals surface area contributed by atoms with Crippen LogP contribution in [0.15, 0.2) is 30.6 Å². The minimum absolute atomic E-state index is 0.0623. The normalized spacial score (nSPS) is 14.3. The average molecular weight is 394 g/mol. The van der Waals surface area contributed by atoms with Crippen LogP contribution in [-0.2, 0) is 4.79 Å². The van der Waals surface area contributed by atoms with Gasteiger partial charge in [-0.15, -0.1) is 0 Å². The number of carbonyl (C=O) groups is 2. The van der Waals surface area contributed by atoms with Gasteiger partial charge in [0.05, 0.1) is 10.7 Å². The van der Waals surface area contributed by atoms with Crippen molar-refractivity contribution < 1.29 is 9.59 Å². The number of carbonyl (C=O) groups excluding carboxylic acids is 2. The Morgan fingerprint density at radius 2 is 1.81 bits per heavy atom. The predicted octanol–water partition coefficient (Wildman–Crippen LogP) is 2.70. The fourth-order valence-electron chi connectivity index (χ4n) is 2.67. The number of piperazine rings is 1. The van der Waals surface area contributed by atoms with E-state index in [1.165, 1.54) is 6.33 Å². The third kappa shape index (κ3) is 4.23. The monoisotopic (exact) mass is 393 g/mol. The van der Waals surface area contributed by atoms with Crippen LogP contribution in [0.2, 0.25) is 10.0 Å². The highest BCUT2D eigenvalue weighted by atomic mass is 35.5. The maximum absolute atomic E-state index is 12.5. The summed E-state index contributed by atoms with van der Waals surface area (Å²) in [5.41, 5.74) is 0.686. The molecule has 1 N–H and O–H groups in total. The van der Waals surface area contributed by atoms with Crippen LogP contribution >= 0.6 is 23.2 Å². The van der Waals surface area contributed by atoms with Crippen molar-refractivity contribution in [2.75, 3.05) is 36.4 Å². The number of nitrogens with zero attached hydrogens (tertiary/aromatic N) is 4. The molecular weight excluding hydrogens is 377 g/mol. The zero-order valence-corrected chi connectivity index (χ0v) is 15.6. The van der Waals surface area contributed by atoms with Crippen molar-refractivity contribution in [2.45, 2.75) is 6.92 Å². The fraction of sp³-hybridized carbons (Fsp3) is 0.294. The molecule has 7 nitrogen and oxygen atoms in total. The second-order valence-electron chi connectivity index (χ2n) is 5.83. The fourth-order valence-corrected chi connectivity index (χ4v) is 3.13. The van der Waals surface area contributed by atoms with Gasteiger partial charge in [0.15, 0.2) is 0 Å². The van der Waals surface area contributed by atoms with Gasteiger partial charge in [-0.05, 0) is 18.2 Å². The molecule has 1 saturated heterocycles. The Bertz CT molecular complexity index is 838. The summed E-state index contributed by atoms with van der Waals surface area (Å²) < 4.78 is 0. The van der Waals surface area contributed by atoms with Crippen molar-refractivity contribution in [3.8, 4) is 0 Å². The molecule has 1 aliphatic rings. The van der Waals surface area contributed by atoms with E-state index in [1.807, 2.05) is 4.90 Å². The molecule has 2 aromatic rings. The summed E-state index contributed by atoms with van der Waals surface area (Å²) in [5, 5.41) is 3.55. The quantitative estimate of drug-likeness (QED) is 0.866. The van der Waals surface area contributed by atoms with E-state index in [4.69, 9.17) is 23.2 Å². The molecule has 0 spiro atoms. The third-order valence-electron chi connectivity index (χ3n) is 4.11. The smallest absolute Gasteiger partial charge is 0.274 e. The van der Waals surface area contributed by atoms with Crippen LogP contribution < -0.4 is 10.2 Å². The number of hydrogen-bond acceptors (Lipinski definition) is 5. The Kier molecular flexibility index (Phi) is 5.58. The highest BCUT2D eigenvalue weighted by Crippen LogP contribution is 2.26. The van der Waals surface area contributed by atoms with Gasteiger partial charge in [-0.25, -0.2) is 9.97 Å². The summed E-state index contributed by atoms with van der Waals surface area (Å²) in [6.45, 7) is 4.12. The van der Waals surface area contributed by atoms with Crippen LogP contribution in [0, 0.1) is 0 Å². The van der Waals surface area contributed by atoms with Gasteiger partial charge in [0.2, 0.25) is 5.91 Å². The number of nitrogens with one attached hydrogen (secondary N) is 1. The molecule has 0 atom stereocenters. The molecule has 136 valence electrons. The highest BCUT2D eigenvalue weighted by molar-refractivity contribution is 6.36. The summed E-state index contributed by atoms with van der Waals surface area (Å²) in [7, 11) is 0. The van der Waals surface area contributed by atoms with Gasteiger partial charge >= 0.3 is 0 Å². The number of halogens is 2. The molecule has 9 heteroatoms. The molecule has 2 amide bonds. The van der Waals surface area contributed by atoms with Crippen LogP contribution in [0.5, 0.6) is 0 Å². The molecule has 1 aromatic carbocycles. The molecule has 0 radical (unpaired) electrons. The van der Waals surface area contributed by atoms with Crippen LogP contribution in [0.4, 0.5) is 11.5 Å². The summed E-state index contributed by atoms with van der Waals surface area (Å²) in [4.78, 5) is 36.0. The first-order valence-corrected chi connectivity index (χ1v) is 8.78. The summed E-state index contributed by atoms with van der Waals surface area (Å²) >= 11 is 11.9. The average Bonchev–Trinajstić information content (AvgIpc) is 2.64. The topological polar surface area (TPSA) is 78.4 Å². The maximum Gasteiger partial charge on any atom is 0.274 e. The Morgan fingerprint density at radius 3 is 2.46 bits per heavy atom. The van der Waals surface area contributed by atoms with Gasteiger partial charge in [-0.3, -0.25) is 9.59 Å². The van der Waals surface area contributed by atoms with Crippen LogP contribution in [0.1, 0.15) is 17.4 Å². The van der Waals surface area contributed by atoms with Crippen LogP contribution in [-0.4, -0.2) is 52.9 Å². The molecule has 3 rings (SSSR count). The molecule has 0 saturated carbocycles. The van der Waals surface area contributed by atoms with Crippen molar-refractivity contribution >= 4 is 46.5 Å². The first-order valence-electron chi connectivity index (χ1n) is 8.03. The van der Waals surface area contributed by atoms with E-state index in [1.54, 1.807) is 36.1 Å². The van der Waals surface area contributed by atoms with Crippen molar-refractivity contribution in [2.24, 2.45) is 0 Å². The predicted molar refractivity (Wildman–Crippen MR) is 101 cm³/mol. The van der Waals surface area contributed by atoms with Crippen molar-refractivity contribution in [3.05, 3.63) is 46.3 Å². The van der Waals surface area contributed by atoms with E-state index in [-0.39, 0.29) is 17.5 Å². The van der Waals surface area contributed by atoms with Crippen LogP contribution in [0.25, 0.3) is 0 Å². The maximum atomic E-state index is 12.5. The summed E-state index contributed by atoms with van der Waals surface area (Å²) in [6, 6.07) is 6.45. The Labute approximate surface area is 160 Å². The second kappa shape index (κ2) is 7.88. The Morgan fingerprint density at radius 1 is 1.08 bits per heavy atom. The van der Waals surface area contributed by atoms with Gasteiger partial charge in [-0.1, -0.05) is 23.2 Å². The van der Waals surface area contributed by atoms with E-state index in [2.05, 4.69) is 15.3 Å². The van der Waals surface area contributed by atoms with E-state index in [9.17, 15) is 9.59 Å². The number of amides is 2. The number of anilines is 2. The highest BCUT2D eigenvalue weighted by Gasteiger charge is 2.21. The standard InChI is InChI=1S/C17H17Cl2N5O2/c1-11(25)23-4-6-24(7-5-23)16-9-15(20-10-21-16)17(26)22-14-3-2-12(18)8-13(14)19/h2-3,8-10H,4-7H2,1H3,(H,22,26).